The van der Waals surface area contributed by atoms with Crippen molar-refractivity contribution in [3.8, 4) is 0 Å². The van der Waals surface area contributed by atoms with Crippen LogP contribution in [0.1, 0.15) is 22.0 Å². The van der Waals surface area contributed by atoms with Gasteiger partial charge in [0.25, 0.3) is 0 Å². The van der Waals surface area contributed by atoms with Gasteiger partial charge in [0.2, 0.25) is 0 Å². The third-order valence-corrected chi connectivity index (χ3v) is 2.49. The van der Waals surface area contributed by atoms with Gasteiger partial charge in [0.1, 0.15) is 0 Å². The lowest BCUT2D eigenvalue weighted by atomic mass is 9.97. The van der Waals surface area contributed by atoms with Crippen LogP contribution in [0.2, 0.25) is 0 Å². The topological polar surface area (TPSA) is 35.5 Å². The van der Waals surface area contributed by atoms with E-state index in [1.165, 1.54) is 0 Å². The van der Waals surface area contributed by atoms with Gasteiger partial charge >= 0.3 is 5.97 Å². The molecule has 0 spiro atoms. The first kappa shape index (κ1) is 8.29. The summed E-state index contributed by atoms with van der Waals surface area (Å²) in [5.41, 5.74) is 1.44. The van der Waals surface area contributed by atoms with Gasteiger partial charge in [-0.15, -0.1) is 0 Å². The number of rotatable bonds is 0. The molecule has 0 aliphatic carbocycles. The van der Waals surface area contributed by atoms with E-state index in [4.69, 9.17) is 9.47 Å². The van der Waals surface area contributed by atoms with Gasteiger partial charge in [-0.3, -0.25) is 0 Å². The highest BCUT2D eigenvalue weighted by molar-refractivity contribution is 5.93. The predicted octanol–water partition coefficient (Wildman–Crippen LogP) is 2.33. The smallest absolute Gasteiger partial charge is 0.343 e. The van der Waals surface area contributed by atoms with Gasteiger partial charge in [-0.2, -0.15) is 0 Å². The molecule has 3 heteroatoms. The molecular formula is C12H8O3. The zero-order valence-corrected chi connectivity index (χ0v) is 7.84. The largest absolute Gasteiger partial charge is 0.485 e. The highest BCUT2D eigenvalue weighted by Gasteiger charge is 2.32. The molecule has 0 saturated heterocycles. The molecule has 74 valence electrons. The number of esters is 1. The number of hydrogen-bond acceptors (Lipinski definition) is 3. The summed E-state index contributed by atoms with van der Waals surface area (Å²) in [5, 5.41) is 0. The van der Waals surface area contributed by atoms with Crippen LogP contribution in [-0.2, 0) is 9.47 Å². The highest BCUT2D eigenvalue weighted by atomic mass is 16.6. The molecule has 2 aliphatic rings. The van der Waals surface area contributed by atoms with Gasteiger partial charge in [-0.25, -0.2) is 4.79 Å². The molecule has 3 nitrogen and oxygen atoms in total. The first-order chi connectivity index (χ1) is 7.36. The summed E-state index contributed by atoms with van der Waals surface area (Å²) in [5.74, 6) is 0.244. The van der Waals surface area contributed by atoms with E-state index in [0.29, 0.717) is 11.3 Å². The van der Waals surface area contributed by atoms with Crippen LogP contribution in [-0.4, -0.2) is 5.97 Å². The quantitative estimate of drug-likeness (QED) is 0.603. The lowest BCUT2D eigenvalue weighted by Crippen LogP contribution is -2.22. The van der Waals surface area contributed by atoms with E-state index in [2.05, 4.69) is 0 Å². The Morgan fingerprint density at radius 2 is 2.07 bits per heavy atom. The van der Waals surface area contributed by atoms with Crippen LogP contribution in [0, 0.1) is 0 Å². The second kappa shape index (κ2) is 2.98. The molecule has 1 atom stereocenters. The average Bonchev–Trinajstić information content (AvgIpc) is 2.30. The fourth-order valence-corrected chi connectivity index (χ4v) is 1.80. The summed E-state index contributed by atoms with van der Waals surface area (Å²) in [6.45, 7) is 0. The molecule has 1 aromatic rings. The molecule has 2 aliphatic heterocycles. The second-order valence-corrected chi connectivity index (χ2v) is 3.39. The summed E-state index contributed by atoms with van der Waals surface area (Å²) in [7, 11) is 0. The van der Waals surface area contributed by atoms with Crippen LogP contribution in [0.4, 0.5) is 0 Å². The molecule has 1 aromatic carbocycles. The maximum absolute atomic E-state index is 11.6. The molecule has 0 amide bonds. The molecule has 15 heavy (non-hydrogen) atoms. The van der Waals surface area contributed by atoms with Crippen LogP contribution in [0.5, 0.6) is 0 Å². The van der Waals surface area contributed by atoms with E-state index in [9.17, 15) is 4.79 Å². The average molecular weight is 200 g/mol. The Balaban J connectivity index is 2.18. The Hall–Kier alpha value is -2.03. The summed E-state index contributed by atoms with van der Waals surface area (Å²) < 4.78 is 10.6. The van der Waals surface area contributed by atoms with Gasteiger partial charge in [-0.1, -0.05) is 18.2 Å². The number of fused-ring (bicyclic) bond motifs is 3. The van der Waals surface area contributed by atoms with Crippen molar-refractivity contribution in [2.24, 2.45) is 0 Å². The number of benzene rings is 1. The lowest BCUT2D eigenvalue weighted by Gasteiger charge is -2.27. The highest BCUT2D eigenvalue weighted by Crippen LogP contribution is 2.36. The SMILES string of the molecule is O=C1OC2=CC=COC2c2ccccc21. The maximum Gasteiger partial charge on any atom is 0.343 e. The van der Waals surface area contributed by atoms with Crippen molar-refractivity contribution in [1.82, 2.24) is 0 Å². The molecule has 0 saturated carbocycles. The Morgan fingerprint density at radius 3 is 3.00 bits per heavy atom. The van der Waals surface area contributed by atoms with Crippen molar-refractivity contribution in [1.29, 1.82) is 0 Å². The van der Waals surface area contributed by atoms with E-state index < -0.39 is 0 Å². The Labute approximate surface area is 86.6 Å². The van der Waals surface area contributed by atoms with Crippen LogP contribution in [0.25, 0.3) is 0 Å². The summed E-state index contributed by atoms with van der Waals surface area (Å²) in [6, 6.07) is 7.33. The summed E-state index contributed by atoms with van der Waals surface area (Å²) >= 11 is 0. The normalized spacial score (nSPS) is 22.0. The minimum Gasteiger partial charge on any atom is -0.485 e. The van der Waals surface area contributed by atoms with Gasteiger partial charge in [0, 0.05) is 5.56 Å². The van der Waals surface area contributed by atoms with E-state index in [-0.39, 0.29) is 12.1 Å². The van der Waals surface area contributed by atoms with Crippen molar-refractivity contribution in [2.45, 2.75) is 6.10 Å². The lowest BCUT2D eigenvalue weighted by molar-refractivity contribution is 0.0392. The third-order valence-electron chi connectivity index (χ3n) is 2.49. The molecule has 0 bridgehead atoms. The van der Waals surface area contributed by atoms with E-state index in [1.807, 2.05) is 18.2 Å². The Kier molecular flexibility index (Phi) is 1.65. The van der Waals surface area contributed by atoms with Crippen molar-refractivity contribution < 1.29 is 14.3 Å². The van der Waals surface area contributed by atoms with E-state index in [0.717, 1.165) is 5.56 Å². The summed E-state index contributed by atoms with van der Waals surface area (Å²) in [4.78, 5) is 11.6. The van der Waals surface area contributed by atoms with E-state index >= 15 is 0 Å². The van der Waals surface area contributed by atoms with Crippen LogP contribution in [0.3, 0.4) is 0 Å². The van der Waals surface area contributed by atoms with Crippen molar-refractivity contribution in [3.63, 3.8) is 0 Å². The Bertz CT molecular complexity index is 485. The first-order valence-electron chi connectivity index (χ1n) is 4.69. The fourth-order valence-electron chi connectivity index (χ4n) is 1.80. The number of allylic oxidation sites excluding steroid dienone is 2. The van der Waals surface area contributed by atoms with Crippen LogP contribution < -0.4 is 0 Å². The molecule has 2 heterocycles. The van der Waals surface area contributed by atoms with Crippen molar-refractivity contribution >= 4 is 5.97 Å². The molecule has 3 rings (SSSR count). The molecule has 0 aromatic heterocycles. The first-order valence-corrected chi connectivity index (χ1v) is 4.69. The molecule has 0 fully saturated rings. The van der Waals surface area contributed by atoms with Gasteiger partial charge in [0.05, 0.1) is 11.8 Å². The van der Waals surface area contributed by atoms with Crippen LogP contribution >= 0.6 is 0 Å². The molecule has 0 radical (unpaired) electrons. The molecular weight excluding hydrogens is 192 g/mol. The summed E-state index contributed by atoms with van der Waals surface area (Å²) in [6.07, 6.45) is 4.79. The monoisotopic (exact) mass is 200 g/mol. The minimum atomic E-state index is -0.313. The minimum absolute atomic E-state index is 0.274. The molecule has 1 unspecified atom stereocenters. The van der Waals surface area contributed by atoms with Crippen molar-refractivity contribution in [3.05, 3.63) is 59.6 Å². The standard InChI is InChI=1S/C12H8O3/c13-12-9-5-2-1-4-8(9)11-10(15-12)6-3-7-14-11/h1-7,11H. The third kappa shape index (κ3) is 1.16. The Morgan fingerprint density at radius 1 is 1.20 bits per heavy atom. The second-order valence-electron chi connectivity index (χ2n) is 3.39. The van der Waals surface area contributed by atoms with Crippen molar-refractivity contribution in [2.75, 3.05) is 0 Å². The van der Waals surface area contributed by atoms with E-state index in [1.54, 1.807) is 24.5 Å². The fraction of sp³-hybridized carbons (Fsp3) is 0.0833. The number of hydrogen-bond donors (Lipinski definition) is 0. The van der Waals surface area contributed by atoms with Gasteiger partial charge in [0.15, 0.2) is 11.9 Å². The number of carbonyl (C=O) groups is 1. The maximum atomic E-state index is 11.6. The number of ether oxygens (including phenoxy) is 2. The predicted molar refractivity (Wildman–Crippen MR) is 52.9 cm³/mol. The zero-order chi connectivity index (χ0) is 10.3. The zero-order valence-electron chi connectivity index (χ0n) is 7.84. The van der Waals surface area contributed by atoms with Gasteiger partial charge < -0.3 is 9.47 Å². The van der Waals surface area contributed by atoms with Gasteiger partial charge in [-0.05, 0) is 18.2 Å². The molecule has 0 N–H and O–H groups in total. The number of carbonyl (C=O) groups excluding carboxylic acids is 1. The van der Waals surface area contributed by atoms with Crippen LogP contribution in [0.15, 0.2) is 48.4 Å².